The van der Waals surface area contributed by atoms with Crippen LogP contribution in [0.4, 0.5) is 10.1 Å². The van der Waals surface area contributed by atoms with E-state index < -0.39 is 5.82 Å². The third kappa shape index (κ3) is 3.23. The highest BCUT2D eigenvalue weighted by Gasteiger charge is 2.10. The first-order chi connectivity index (χ1) is 8.97. The summed E-state index contributed by atoms with van der Waals surface area (Å²) >= 11 is 3.33. The molecule has 0 bridgehead atoms. The second kappa shape index (κ2) is 5.57. The molecule has 2 radical (unpaired) electrons. The molecule has 94 valence electrons. The number of carbonyl (C=O) groups is 1. The van der Waals surface area contributed by atoms with Crippen molar-refractivity contribution in [2.45, 2.75) is 6.92 Å². The standard InChI is InChI=1S/C14H10BBrFNO/c1-8-6-9(16)2-4-11(8)14(19)18-10-3-5-12(15)13(17)7-10/h2-7H,1H3,(H,18,19). The molecule has 0 unspecified atom stereocenters. The van der Waals surface area contributed by atoms with Crippen LogP contribution in [0.5, 0.6) is 0 Å². The van der Waals surface area contributed by atoms with Crippen LogP contribution in [0, 0.1) is 12.7 Å². The first-order valence-corrected chi connectivity index (χ1v) is 6.39. The Kier molecular flexibility index (Phi) is 4.05. The van der Waals surface area contributed by atoms with E-state index in [-0.39, 0.29) is 11.4 Å². The van der Waals surface area contributed by atoms with Gasteiger partial charge in [0.2, 0.25) is 0 Å². The van der Waals surface area contributed by atoms with Gasteiger partial charge in [0.1, 0.15) is 13.7 Å². The number of hydrogen-bond donors (Lipinski definition) is 1. The van der Waals surface area contributed by atoms with Crippen LogP contribution in [0.2, 0.25) is 0 Å². The van der Waals surface area contributed by atoms with Crippen molar-refractivity contribution in [2.24, 2.45) is 0 Å². The summed E-state index contributed by atoms with van der Waals surface area (Å²) in [5.41, 5.74) is 1.81. The topological polar surface area (TPSA) is 29.1 Å². The van der Waals surface area contributed by atoms with Gasteiger partial charge in [-0.25, -0.2) is 4.39 Å². The van der Waals surface area contributed by atoms with Crippen LogP contribution in [0.15, 0.2) is 40.9 Å². The third-order valence-electron chi connectivity index (χ3n) is 2.69. The van der Waals surface area contributed by atoms with Crippen LogP contribution in [0.3, 0.4) is 0 Å². The molecule has 2 nitrogen and oxygen atoms in total. The fourth-order valence-corrected chi connectivity index (χ4v) is 2.16. The van der Waals surface area contributed by atoms with Gasteiger partial charge in [-0.2, -0.15) is 0 Å². The Hall–Kier alpha value is -1.62. The molecule has 0 heterocycles. The summed E-state index contributed by atoms with van der Waals surface area (Å²) in [6, 6.07) is 9.51. The maximum Gasteiger partial charge on any atom is 0.255 e. The van der Waals surface area contributed by atoms with Crippen molar-refractivity contribution < 1.29 is 9.18 Å². The number of carbonyl (C=O) groups excluding carboxylic acids is 1. The molecule has 0 atom stereocenters. The van der Waals surface area contributed by atoms with Gasteiger partial charge in [-0.15, -0.1) is 0 Å². The van der Waals surface area contributed by atoms with Crippen molar-refractivity contribution in [1.29, 1.82) is 0 Å². The van der Waals surface area contributed by atoms with E-state index in [9.17, 15) is 9.18 Å². The van der Waals surface area contributed by atoms with Gasteiger partial charge in [0.05, 0.1) is 0 Å². The van der Waals surface area contributed by atoms with Crippen molar-refractivity contribution in [3.63, 3.8) is 0 Å². The zero-order valence-electron chi connectivity index (χ0n) is 10.2. The second-order valence-electron chi connectivity index (χ2n) is 4.15. The number of nitrogens with one attached hydrogen (secondary N) is 1. The first-order valence-electron chi connectivity index (χ1n) is 5.60. The predicted octanol–water partition coefficient (Wildman–Crippen LogP) is 2.94. The molecule has 2 aromatic rings. The molecule has 19 heavy (non-hydrogen) atoms. The van der Waals surface area contributed by atoms with E-state index in [2.05, 4.69) is 21.2 Å². The Morgan fingerprint density at radius 2 is 2.00 bits per heavy atom. The Morgan fingerprint density at radius 1 is 1.26 bits per heavy atom. The van der Waals surface area contributed by atoms with Crippen LogP contribution < -0.4 is 10.8 Å². The van der Waals surface area contributed by atoms with E-state index in [0.29, 0.717) is 11.3 Å². The molecule has 0 aliphatic rings. The number of anilines is 1. The molecule has 5 heteroatoms. The quantitative estimate of drug-likeness (QED) is 0.848. The Morgan fingerprint density at radius 3 is 2.63 bits per heavy atom. The summed E-state index contributed by atoms with van der Waals surface area (Å²) in [7, 11) is 5.38. The molecule has 1 N–H and O–H groups in total. The van der Waals surface area contributed by atoms with Crippen molar-refractivity contribution in [3.05, 3.63) is 57.8 Å². The summed E-state index contributed by atoms with van der Waals surface area (Å²) in [5.74, 6) is -0.834. The molecule has 0 fully saturated rings. The highest BCUT2D eigenvalue weighted by molar-refractivity contribution is 9.10. The molecule has 1 amide bonds. The molecule has 0 saturated heterocycles. The third-order valence-corrected chi connectivity index (χ3v) is 3.18. The lowest BCUT2D eigenvalue weighted by Gasteiger charge is -2.09. The van der Waals surface area contributed by atoms with Gasteiger partial charge in [0, 0.05) is 15.7 Å². The monoisotopic (exact) mass is 317 g/mol. The normalized spacial score (nSPS) is 10.3. The van der Waals surface area contributed by atoms with E-state index >= 15 is 0 Å². The summed E-state index contributed by atoms with van der Waals surface area (Å²) in [5, 5.41) is 2.64. The lowest BCUT2D eigenvalue weighted by molar-refractivity contribution is 0.102. The smallest absolute Gasteiger partial charge is 0.255 e. The SMILES string of the molecule is [B]c1ccc(NC(=O)c2ccc(Br)cc2C)cc1F. The lowest BCUT2D eigenvalue weighted by atomic mass is 9.95. The Labute approximate surface area is 120 Å². The maximum atomic E-state index is 13.3. The van der Waals surface area contributed by atoms with E-state index in [1.807, 2.05) is 13.0 Å². The molecule has 0 spiro atoms. The highest BCUT2D eigenvalue weighted by Crippen LogP contribution is 2.17. The molecular weight excluding hydrogens is 308 g/mol. The van der Waals surface area contributed by atoms with Crippen molar-refractivity contribution >= 4 is 40.8 Å². The average molecular weight is 318 g/mol. The number of halogens is 2. The van der Waals surface area contributed by atoms with Gasteiger partial charge in [-0.1, -0.05) is 27.5 Å². The lowest BCUT2D eigenvalue weighted by Crippen LogP contribution is -2.15. The fraction of sp³-hybridized carbons (Fsp3) is 0.0714. The molecule has 2 aromatic carbocycles. The van der Waals surface area contributed by atoms with Crippen molar-refractivity contribution in [2.75, 3.05) is 5.32 Å². The van der Waals surface area contributed by atoms with Crippen LogP contribution >= 0.6 is 15.9 Å². The minimum Gasteiger partial charge on any atom is -0.322 e. The van der Waals surface area contributed by atoms with E-state index in [1.54, 1.807) is 18.2 Å². The zero-order valence-corrected chi connectivity index (χ0v) is 11.8. The zero-order chi connectivity index (χ0) is 14.0. The summed E-state index contributed by atoms with van der Waals surface area (Å²) in [4.78, 5) is 12.1. The van der Waals surface area contributed by atoms with E-state index in [4.69, 9.17) is 7.85 Å². The van der Waals surface area contributed by atoms with Gasteiger partial charge < -0.3 is 5.32 Å². The fourth-order valence-electron chi connectivity index (χ4n) is 1.69. The molecular formula is C14H10BBrFNO. The van der Waals surface area contributed by atoms with Crippen LogP contribution in [0.1, 0.15) is 15.9 Å². The number of hydrogen-bond acceptors (Lipinski definition) is 1. The number of aryl methyl sites for hydroxylation is 1. The number of rotatable bonds is 2. The van der Waals surface area contributed by atoms with Gasteiger partial charge in [-0.05, 0) is 42.8 Å². The van der Waals surface area contributed by atoms with Crippen molar-refractivity contribution in [3.8, 4) is 0 Å². The van der Waals surface area contributed by atoms with Gasteiger partial charge in [0.25, 0.3) is 5.91 Å². The summed E-state index contributed by atoms with van der Waals surface area (Å²) < 4.78 is 14.2. The first kappa shape index (κ1) is 13.8. The maximum absolute atomic E-state index is 13.3. The number of amides is 1. The van der Waals surface area contributed by atoms with Gasteiger partial charge in [-0.3, -0.25) is 4.79 Å². The minimum atomic E-state index is -0.551. The molecule has 0 aromatic heterocycles. The molecule has 2 rings (SSSR count). The van der Waals surface area contributed by atoms with Crippen LogP contribution in [-0.2, 0) is 0 Å². The second-order valence-corrected chi connectivity index (χ2v) is 5.07. The van der Waals surface area contributed by atoms with E-state index in [1.165, 1.54) is 12.1 Å². The van der Waals surface area contributed by atoms with Gasteiger partial charge >= 0.3 is 0 Å². The Bertz CT molecular complexity index is 645. The summed E-state index contributed by atoms with van der Waals surface area (Å²) in [6.45, 7) is 1.84. The molecule has 0 saturated carbocycles. The molecule has 0 aliphatic heterocycles. The minimum absolute atomic E-state index is 0.0535. The average Bonchev–Trinajstić information content (AvgIpc) is 2.33. The Balaban J connectivity index is 2.23. The molecule has 0 aliphatic carbocycles. The number of benzene rings is 2. The predicted molar refractivity (Wildman–Crippen MR) is 78.6 cm³/mol. The largest absolute Gasteiger partial charge is 0.322 e. The van der Waals surface area contributed by atoms with Crippen molar-refractivity contribution in [1.82, 2.24) is 0 Å². The van der Waals surface area contributed by atoms with E-state index in [0.717, 1.165) is 10.0 Å². The van der Waals surface area contributed by atoms with Crippen LogP contribution in [-0.4, -0.2) is 13.8 Å². The van der Waals surface area contributed by atoms with Crippen LogP contribution in [0.25, 0.3) is 0 Å². The van der Waals surface area contributed by atoms with Gasteiger partial charge in [0.15, 0.2) is 0 Å². The highest BCUT2D eigenvalue weighted by atomic mass is 79.9. The summed E-state index contributed by atoms with van der Waals surface area (Å²) in [6.07, 6.45) is 0.